The lowest BCUT2D eigenvalue weighted by atomic mass is 10.1. The Balaban J connectivity index is 2.28. The van der Waals surface area contributed by atoms with Crippen LogP contribution in [0.15, 0.2) is 18.2 Å². The largest absolute Gasteiger partial charge is 0.508 e. The van der Waals surface area contributed by atoms with E-state index in [0.29, 0.717) is 30.0 Å². The number of nitrogens with zero attached hydrogens (tertiary/aromatic N) is 1. The Morgan fingerprint density at radius 3 is 2.84 bits per heavy atom. The summed E-state index contributed by atoms with van der Waals surface area (Å²) in [5.41, 5.74) is 0.705. The summed E-state index contributed by atoms with van der Waals surface area (Å²) in [6.45, 7) is 1.63. The number of carbonyl (C=O) groups is 1. The van der Waals surface area contributed by atoms with Crippen molar-refractivity contribution in [3.8, 4) is 5.75 Å². The molecule has 106 valence electrons. The standard InChI is InChI=1S/C14H21ClN2O2/c1-17(2)9-3-8-16-14(19)7-4-11-10-12(15)5-6-13(11)18/h5-6,10,18H,3-4,7-9H2,1-2H3,(H,16,19). The van der Waals surface area contributed by atoms with Crippen molar-refractivity contribution in [1.82, 2.24) is 10.2 Å². The van der Waals surface area contributed by atoms with E-state index in [9.17, 15) is 9.90 Å². The van der Waals surface area contributed by atoms with E-state index in [1.54, 1.807) is 18.2 Å². The van der Waals surface area contributed by atoms with Gasteiger partial charge >= 0.3 is 0 Å². The van der Waals surface area contributed by atoms with Crippen molar-refractivity contribution in [3.05, 3.63) is 28.8 Å². The zero-order valence-corrected chi connectivity index (χ0v) is 12.2. The quantitative estimate of drug-likeness (QED) is 0.754. The molecular weight excluding hydrogens is 264 g/mol. The van der Waals surface area contributed by atoms with Crippen LogP contribution in [0.4, 0.5) is 0 Å². The van der Waals surface area contributed by atoms with Gasteiger partial charge in [-0.2, -0.15) is 0 Å². The molecule has 0 spiro atoms. The predicted molar refractivity (Wildman–Crippen MR) is 77.6 cm³/mol. The van der Waals surface area contributed by atoms with Gasteiger partial charge in [-0.05, 0) is 57.2 Å². The average Bonchev–Trinajstić information content (AvgIpc) is 2.35. The summed E-state index contributed by atoms with van der Waals surface area (Å²) in [7, 11) is 4.01. The number of rotatable bonds is 7. The number of hydrogen-bond acceptors (Lipinski definition) is 3. The molecule has 0 saturated carbocycles. The molecule has 0 atom stereocenters. The molecule has 0 saturated heterocycles. The van der Waals surface area contributed by atoms with E-state index in [-0.39, 0.29) is 11.7 Å². The van der Waals surface area contributed by atoms with Gasteiger partial charge in [-0.1, -0.05) is 11.6 Å². The van der Waals surface area contributed by atoms with Crippen LogP contribution in [0.5, 0.6) is 5.75 Å². The van der Waals surface area contributed by atoms with Gasteiger partial charge in [0, 0.05) is 18.0 Å². The summed E-state index contributed by atoms with van der Waals surface area (Å²) in [6.07, 6.45) is 1.78. The van der Waals surface area contributed by atoms with Crippen molar-refractivity contribution in [3.63, 3.8) is 0 Å². The van der Waals surface area contributed by atoms with Gasteiger partial charge in [0.05, 0.1) is 0 Å². The lowest BCUT2D eigenvalue weighted by Gasteiger charge is -2.10. The lowest BCUT2D eigenvalue weighted by Crippen LogP contribution is -2.27. The minimum Gasteiger partial charge on any atom is -0.508 e. The minimum atomic E-state index is -0.00173. The number of phenols is 1. The second-order valence-electron chi connectivity index (χ2n) is 4.78. The molecule has 1 amide bonds. The molecule has 0 aliphatic carbocycles. The first-order chi connectivity index (χ1) is 8.99. The van der Waals surface area contributed by atoms with E-state index < -0.39 is 0 Å². The molecule has 19 heavy (non-hydrogen) atoms. The second-order valence-corrected chi connectivity index (χ2v) is 5.22. The molecule has 0 aromatic heterocycles. The maximum absolute atomic E-state index is 11.6. The van der Waals surface area contributed by atoms with E-state index in [1.165, 1.54) is 0 Å². The topological polar surface area (TPSA) is 52.6 Å². The maximum atomic E-state index is 11.6. The highest BCUT2D eigenvalue weighted by atomic mass is 35.5. The molecule has 0 aliphatic heterocycles. The third-order valence-corrected chi connectivity index (χ3v) is 3.00. The smallest absolute Gasteiger partial charge is 0.220 e. The number of phenolic OH excluding ortho intramolecular Hbond substituents is 1. The normalized spacial score (nSPS) is 10.7. The number of benzene rings is 1. The number of hydrogen-bond donors (Lipinski definition) is 2. The van der Waals surface area contributed by atoms with Crippen LogP contribution in [0, 0.1) is 0 Å². The summed E-state index contributed by atoms with van der Waals surface area (Å²) in [5.74, 6) is 0.183. The molecule has 1 aromatic carbocycles. The van der Waals surface area contributed by atoms with Crippen LogP contribution in [0.2, 0.25) is 5.02 Å². The fourth-order valence-corrected chi connectivity index (χ4v) is 1.91. The Hall–Kier alpha value is -1.26. The SMILES string of the molecule is CN(C)CCCNC(=O)CCc1cc(Cl)ccc1O. The van der Waals surface area contributed by atoms with Gasteiger partial charge < -0.3 is 15.3 Å². The van der Waals surface area contributed by atoms with Crippen molar-refractivity contribution in [2.75, 3.05) is 27.2 Å². The van der Waals surface area contributed by atoms with Crippen molar-refractivity contribution in [2.24, 2.45) is 0 Å². The molecule has 0 unspecified atom stereocenters. The van der Waals surface area contributed by atoms with E-state index in [1.807, 2.05) is 14.1 Å². The van der Waals surface area contributed by atoms with Gasteiger partial charge in [-0.15, -0.1) is 0 Å². The van der Waals surface area contributed by atoms with Crippen molar-refractivity contribution in [1.29, 1.82) is 0 Å². The van der Waals surface area contributed by atoms with Crippen molar-refractivity contribution >= 4 is 17.5 Å². The predicted octanol–water partition coefficient (Wildman–Crippen LogP) is 2.05. The van der Waals surface area contributed by atoms with Gasteiger partial charge in [0.2, 0.25) is 5.91 Å². The Labute approximate surface area is 119 Å². The van der Waals surface area contributed by atoms with Gasteiger partial charge in [-0.3, -0.25) is 4.79 Å². The Kier molecular flexibility index (Phi) is 6.67. The molecule has 4 nitrogen and oxygen atoms in total. The molecule has 0 radical (unpaired) electrons. The summed E-state index contributed by atoms with van der Waals surface area (Å²) in [6, 6.07) is 4.87. The average molecular weight is 285 g/mol. The lowest BCUT2D eigenvalue weighted by molar-refractivity contribution is -0.121. The number of aryl methyl sites for hydroxylation is 1. The first-order valence-electron chi connectivity index (χ1n) is 6.38. The molecular formula is C14H21ClN2O2. The minimum absolute atomic E-state index is 0.00173. The number of nitrogens with one attached hydrogen (secondary N) is 1. The Morgan fingerprint density at radius 1 is 1.42 bits per heavy atom. The van der Waals surface area contributed by atoms with E-state index in [4.69, 9.17) is 11.6 Å². The fourth-order valence-electron chi connectivity index (χ4n) is 1.71. The van der Waals surface area contributed by atoms with Crippen molar-refractivity contribution in [2.45, 2.75) is 19.3 Å². The number of aromatic hydroxyl groups is 1. The van der Waals surface area contributed by atoms with Crippen LogP contribution >= 0.6 is 11.6 Å². The molecule has 0 heterocycles. The number of carbonyl (C=O) groups excluding carboxylic acids is 1. The third-order valence-electron chi connectivity index (χ3n) is 2.77. The van der Waals surface area contributed by atoms with E-state index >= 15 is 0 Å². The van der Waals surface area contributed by atoms with Crippen LogP contribution in [0.1, 0.15) is 18.4 Å². The molecule has 0 fully saturated rings. The fraction of sp³-hybridized carbons (Fsp3) is 0.500. The summed E-state index contributed by atoms with van der Waals surface area (Å²) in [4.78, 5) is 13.7. The van der Waals surface area contributed by atoms with E-state index in [0.717, 1.165) is 13.0 Å². The van der Waals surface area contributed by atoms with Gasteiger partial charge in [0.1, 0.15) is 5.75 Å². The van der Waals surface area contributed by atoms with Gasteiger partial charge in [-0.25, -0.2) is 0 Å². The zero-order valence-electron chi connectivity index (χ0n) is 11.4. The maximum Gasteiger partial charge on any atom is 0.220 e. The van der Waals surface area contributed by atoms with Crippen LogP contribution in [-0.4, -0.2) is 43.1 Å². The molecule has 1 aromatic rings. The number of halogens is 1. The van der Waals surface area contributed by atoms with Crippen LogP contribution in [0.3, 0.4) is 0 Å². The molecule has 2 N–H and O–H groups in total. The highest BCUT2D eigenvalue weighted by molar-refractivity contribution is 6.30. The number of amides is 1. The molecule has 5 heteroatoms. The Morgan fingerprint density at radius 2 is 2.16 bits per heavy atom. The summed E-state index contributed by atoms with van der Waals surface area (Å²) in [5, 5.41) is 13.1. The highest BCUT2D eigenvalue weighted by Gasteiger charge is 2.06. The highest BCUT2D eigenvalue weighted by Crippen LogP contribution is 2.22. The van der Waals surface area contributed by atoms with Crippen molar-refractivity contribution < 1.29 is 9.90 Å². The van der Waals surface area contributed by atoms with Crippen LogP contribution in [0.25, 0.3) is 0 Å². The zero-order chi connectivity index (χ0) is 14.3. The molecule has 0 aliphatic rings. The van der Waals surface area contributed by atoms with Crippen LogP contribution in [-0.2, 0) is 11.2 Å². The summed E-state index contributed by atoms with van der Waals surface area (Å²) >= 11 is 5.85. The van der Waals surface area contributed by atoms with E-state index in [2.05, 4.69) is 10.2 Å². The molecule has 1 rings (SSSR count). The summed E-state index contributed by atoms with van der Waals surface area (Å²) < 4.78 is 0. The Bertz CT molecular complexity index is 422. The first kappa shape index (κ1) is 15.8. The van der Waals surface area contributed by atoms with Crippen LogP contribution < -0.4 is 5.32 Å². The molecule has 0 bridgehead atoms. The van der Waals surface area contributed by atoms with Gasteiger partial charge in [0.25, 0.3) is 0 Å². The second kappa shape index (κ2) is 8.02. The first-order valence-corrected chi connectivity index (χ1v) is 6.75. The third kappa shape index (κ3) is 6.45. The van der Waals surface area contributed by atoms with Gasteiger partial charge in [0.15, 0.2) is 0 Å². The monoisotopic (exact) mass is 284 g/mol.